The number of methoxy groups -OCH3 is 1. The molecule has 44 heavy (non-hydrogen) atoms. The molecule has 0 saturated carbocycles. The van der Waals surface area contributed by atoms with E-state index >= 15 is 0 Å². The van der Waals surface area contributed by atoms with Crippen molar-refractivity contribution in [2.45, 2.75) is 23.5 Å². The van der Waals surface area contributed by atoms with Crippen molar-refractivity contribution in [1.29, 1.82) is 0 Å². The zero-order chi connectivity index (χ0) is 31.2. The summed E-state index contributed by atoms with van der Waals surface area (Å²) in [6.45, 7) is 1.96. The Bertz CT molecular complexity index is 1760. The zero-order valence-electron chi connectivity index (χ0n) is 23.9. The number of carbonyl (C=O) groups is 4. The normalized spacial score (nSPS) is 14.8. The lowest BCUT2D eigenvalue weighted by Gasteiger charge is -2.16. The monoisotopic (exact) mass is 625 g/mol. The fraction of sp³-hybridized carbons (Fsp3) is 0.118. The van der Waals surface area contributed by atoms with Gasteiger partial charge in [-0.05, 0) is 67.1 Å². The average Bonchev–Trinajstić information content (AvgIpc) is 3.30. The van der Waals surface area contributed by atoms with Crippen molar-refractivity contribution in [1.82, 2.24) is 5.32 Å². The number of carbonyl (C=O) groups excluding carboxylic acids is 4. The molecule has 1 atom stereocenters. The quantitative estimate of drug-likeness (QED) is 0.163. The van der Waals surface area contributed by atoms with Crippen molar-refractivity contribution in [3.8, 4) is 5.75 Å². The summed E-state index contributed by atoms with van der Waals surface area (Å²) in [4.78, 5) is 54.3. The van der Waals surface area contributed by atoms with E-state index in [1.807, 2.05) is 31.2 Å². The average molecular weight is 626 g/mol. The molecule has 0 unspecified atom stereocenters. The van der Waals surface area contributed by atoms with Crippen LogP contribution in [0, 0.1) is 6.92 Å². The first-order chi connectivity index (χ1) is 21.2. The van der Waals surface area contributed by atoms with Crippen LogP contribution in [0.2, 0.25) is 5.02 Å². The maximum atomic E-state index is 13.4. The van der Waals surface area contributed by atoms with Gasteiger partial charge in [-0.3, -0.25) is 19.2 Å². The topological polar surface area (TPSA) is 105 Å². The van der Waals surface area contributed by atoms with Crippen LogP contribution in [0.4, 0.5) is 11.4 Å². The Labute approximate surface area is 264 Å². The minimum absolute atomic E-state index is 0.0126. The highest BCUT2D eigenvalue weighted by Crippen LogP contribution is 2.37. The van der Waals surface area contributed by atoms with Crippen LogP contribution in [0.1, 0.15) is 27.9 Å². The molecule has 5 rings (SSSR count). The van der Waals surface area contributed by atoms with Crippen LogP contribution in [0.25, 0.3) is 6.08 Å². The van der Waals surface area contributed by atoms with E-state index in [-0.39, 0.29) is 23.9 Å². The van der Waals surface area contributed by atoms with Crippen LogP contribution in [0.15, 0.2) is 108 Å². The highest BCUT2D eigenvalue weighted by atomic mass is 35.5. The minimum atomic E-state index is -0.656. The Kier molecular flexibility index (Phi) is 9.47. The number of amides is 4. The number of anilines is 2. The summed E-state index contributed by atoms with van der Waals surface area (Å²) in [5.41, 5.74) is 3.11. The highest BCUT2D eigenvalue weighted by Gasteiger charge is 2.40. The molecule has 8 nitrogen and oxygen atoms in total. The summed E-state index contributed by atoms with van der Waals surface area (Å²) in [5.74, 6) is -1.20. The number of nitrogens with zero attached hydrogens (tertiary/aromatic N) is 1. The van der Waals surface area contributed by atoms with E-state index in [0.29, 0.717) is 32.6 Å². The molecule has 0 radical (unpaired) electrons. The van der Waals surface area contributed by atoms with E-state index in [1.165, 1.54) is 24.9 Å². The third-order valence-corrected chi connectivity index (χ3v) is 8.26. The number of rotatable bonds is 9. The number of hydrogen-bond donors (Lipinski definition) is 2. The SMILES string of the molecule is COc1ccc(N2C(=O)C[C@H](Sc3cccc(NC(=O)/C(=C/c4ccc(C)cc4)NC(=O)c4ccccc4)c3)C2=O)cc1Cl. The van der Waals surface area contributed by atoms with Crippen LogP contribution >= 0.6 is 23.4 Å². The van der Waals surface area contributed by atoms with E-state index in [2.05, 4.69) is 10.6 Å². The molecule has 1 heterocycles. The Morgan fingerprint density at radius 1 is 0.955 bits per heavy atom. The standard InChI is InChI=1S/C34H28ClN3O5S/c1-21-11-13-22(14-12-21)17-28(37-32(40)23-7-4-3-5-8-23)33(41)36-24-9-6-10-26(18-24)44-30-20-31(39)38(34(30)42)25-15-16-29(43-2)27(35)19-25/h3-19,30H,20H2,1-2H3,(H,36,41)(H,37,40)/b28-17-/t30-/m0/s1. The van der Waals surface area contributed by atoms with Gasteiger partial charge in [-0.1, -0.05) is 65.7 Å². The van der Waals surface area contributed by atoms with Crippen LogP contribution in [-0.4, -0.2) is 36.0 Å². The maximum absolute atomic E-state index is 13.4. The largest absolute Gasteiger partial charge is 0.495 e. The molecule has 1 fully saturated rings. The number of ether oxygens (including phenoxy) is 1. The maximum Gasteiger partial charge on any atom is 0.272 e. The number of hydrogen-bond acceptors (Lipinski definition) is 6. The summed E-state index contributed by atoms with van der Waals surface area (Å²) >= 11 is 7.45. The van der Waals surface area contributed by atoms with E-state index in [1.54, 1.807) is 72.8 Å². The second-order valence-corrected chi connectivity index (χ2v) is 11.7. The summed E-state index contributed by atoms with van der Waals surface area (Å²) in [5, 5.41) is 5.21. The lowest BCUT2D eigenvalue weighted by molar-refractivity contribution is -0.121. The molecular weight excluding hydrogens is 598 g/mol. The van der Waals surface area contributed by atoms with Crippen LogP contribution in [-0.2, 0) is 14.4 Å². The van der Waals surface area contributed by atoms with Gasteiger partial charge in [0.25, 0.3) is 11.8 Å². The second-order valence-electron chi connectivity index (χ2n) is 9.97. The molecule has 4 aromatic rings. The Hall–Kier alpha value is -4.86. The first-order valence-electron chi connectivity index (χ1n) is 13.6. The van der Waals surface area contributed by atoms with Gasteiger partial charge in [-0.15, -0.1) is 11.8 Å². The summed E-state index contributed by atoms with van der Waals surface area (Å²) in [6, 6.07) is 27.9. The van der Waals surface area contributed by atoms with Crippen molar-refractivity contribution in [2.24, 2.45) is 0 Å². The van der Waals surface area contributed by atoms with Gasteiger partial charge >= 0.3 is 0 Å². The van der Waals surface area contributed by atoms with E-state index < -0.39 is 17.1 Å². The molecule has 10 heteroatoms. The fourth-order valence-corrected chi connectivity index (χ4v) is 5.91. The van der Waals surface area contributed by atoms with Crippen molar-refractivity contribution in [3.63, 3.8) is 0 Å². The molecule has 0 aromatic heterocycles. The van der Waals surface area contributed by atoms with Crippen molar-refractivity contribution in [2.75, 3.05) is 17.3 Å². The van der Waals surface area contributed by atoms with Gasteiger partial charge in [0.2, 0.25) is 11.8 Å². The van der Waals surface area contributed by atoms with Gasteiger partial charge in [-0.25, -0.2) is 4.90 Å². The first-order valence-corrected chi connectivity index (χ1v) is 14.9. The molecule has 4 amide bonds. The van der Waals surface area contributed by atoms with Gasteiger partial charge < -0.3 is 15.4 Å². The molecule has 2 N–H and O–H groups in total. The van der Waals surface area contributed by atoms with Gasteiger partial charge in [-0.2, -0.15) is 0 Å². The fourth-order valence-electron chi connectivity index (χ4n) is 4.54. The Balaban J connectivity index is 1.32. The predicted molar refractivity (Wildman–Crippen MR) is 173 cm³/mol. The summed E-state index contributed by atoms with van der Waals surface area (Å²) < 4.78 is 5.16. The minimum Gasteiger partial charge on any atom is -0.495 e. The van der Waals surface area contributed by atoms with Crippen LogP contribution in [0.5, 0.6) is 5.75 Å². The molecule has 0 aliphatic carbocycles. The number of imide groups is 1. The van der Waals surface area contributed by atoms with Crippen molar-refractivity contribution >= 4 is 64.4 Å². The number of benzene rings is 4. The highest BCUT2D eigenvalue weighted by molar-refractivity contribution is 8.00. The Morgan fingerprint density at radius 2 is 1.70 bits per heavy atom. The predicted octanol–water partition coefficient (Wildman–Crippen LogP) is 6.49. The smallest absolute Gasteiger partial charge is 0.272 e. The third kappa shape index (κ3) is 7.19. The van der Waals surface area contributed by atoms with Crippen molar-refractivity contribution in [3.05, 3.63) is 124 Å². The molecule has 1 saturated heterocycles. The van der Waals surface area contributed by atoms with E-state index in [4.69, 9.17) is 16.3 Å². The molecule has 1 aliphatic heterocycles. The van der Waals surface area contributed by atoms with Crippen LogP contribution in [0.3, 0.4) is 0 Å². The second kappa shape index (κ2) is 13.6. The number of thioether (sulfide) groups is 1. The van der Waals surface area contributed by atoms with Gasteiger partial charge in [0.05, 0.1) is 23.1 Å². The number of nitrogens with one attached hydrogen (secondary N) is 2. The van der Waals surface area contributed by atoms with E-state index in [0.717, 1.165) is 16.0 Å². The number of aryl methyl sites for hydroxylation is 1. The lowest BCUT2D eigenvalue weighted by Crippen LogP contribution is -2.31. The summed E-state index contributed by atoms with van der Waals surface area (Å²) in [7, 11) is 1.48. The van der Waals surface area contributed by atoms with Crippen molar-refractivity contribution < 1.29 is 23.9 Å². The Morgan fingerprint density at radius 3 is 2.41 bits per heavy atom. The molecule has 1 aliphatic rings. The van der Waals surface area contributed by atoms with E-state index in [9.17, 15) is 19.2 Å². The van der Waals surface area contributed by atoms with Gasteiger partial charge in [0.15, 0.2) is 0 Å². The van der Waals surface area contributed by atoms with Gasteiger partial charge in [0, 0.05) is 22.6 Å². The third-order valence-electron chi connectivity index (χ3n) is 6.79. The number of halogens is 1. The van der Waals surface area contributed by atoms with Crippen LogP contribution < -0.4 is 20.3 Å². The molecule has 0 spiro atoms. The molecular formula is C34H28ClN3O5S. The first kappa shape index (κ1) is 30.6. The molecule has 4 aromatic carbocycles. The molecule has 0 bridgehead atoms. The van der Waals surface area contributed by atoms with Gasteiger partial charge in [0.1, 0.15) is 11.4 Å². The summed E-state index contributed by atoms with van der Waals surface area (Å²) in [6.07, 6.45) is 1.62. The zero-order valence-corrected chi connectivity index (χ0v) is 25.4. The lowest BCUT2D eigenvalue weighted by atomic mass is 10.1. The molecule has 222 valence electrons.